The van der Waals surface area contributed by atoms with Gasteiger partial charge in [0.15, 0.2) is 5.58 Å². The number of aromatic nitrogens is 1. The molecule has 0 bridgehead atoms. The van der Waals surface area contributed by atoms with Gasteiger partial charge >= 0.3 is 5.76 Å². The predicted octanol–water partition coefficient (Wildman–Crippen LogP) is 2.35. The number of hydrogen-bond acceptors (Lipinski definition) is 4. The van der Waals surface area contributed by atoms with Crippen LogP contribution in [0.5, 0.6) is 0 Å². The lowest BCUT2D eigenvalue weighted by Crippen LogP contribution is -2.50. The summed E-state index contributed by atoms with van der Waals surface area (Å²) in [6.45, 7) is 3.20. The summed E-state index contributed by atoms with van der Waals surface area (Å²) in [5.41, 5.74) is 2.36. The van der Waals surface area contributed by atoms with Gasteiger partial charge in [-0.3, -0.25) is 9.78 Å². The lowest BCUT2D eigenvalue weighted by molar-refractivity contribution is -0.136. The maximum Gasteiger partial charge on any atom is 0.417 e. The average molecular weight is 329 g/mol. The number of piperazine rings is 1. The highest BCUT2D eigenvalue weighted by Gasteiger charge is 2.28. The molecule has 2 fully saturated rings. The summed E-state index contributed by atoms with van der Waals surface area (Å²) in [7, 11) is 0. The lowest BCUT2D eigenvalue weighted by Gasteiger charge is -2.38. The molecule has 1 N–H and O–H groups in total. The van der Waals surface area contributed by atoms with E-state index in [1.165, 1.54) is 19.3 Å². The van der Waals surface area contributed by atoms with Crippen LogP contribution in [0, 0.1) is 5.92 Å². The summed E-state index contributed by atoms with van der Waals surface area (Å²) < 4.78 is 5.04. The zero-order valence-corrected chi connectivity index (χ0v) is 13.8. The fraction of sp³-hybridized carbons (Fsp3) is 0.556. The molecular weight excluding hydrogens is 306 g/mol. The Labute approximate surface area is 140 Å². The zero-order chi connectivity index (χ0) is 16.5. The summed E-state index contributed by atoms with van der Waals surface area (Å²) in [5.74, 6) is 0.173. The third-order valence-corrected chi connectivity index (χ3v) is 5.31. The maximum absolute atomic E-state index is 12.6. The second kappa shape index (κ2) is 6.34. The summed E-state index contributed by atoms with van der Waals surface area (Å²) in [4.78, 5) is 30.9. The number of H-pyrrole nitrogens is 1. The Hall–Kier alpha value is -2.24. The van der Waals surface area contributed by atoms with Crippen molar-refractivity contribution in [2.75, 3.05) is 31.1 Å². The fourth-order valence-corrected chi connectivity index (χ4v) is 3.93. The summed E-state index contributed by atoms with van der Waals surface area (Å²) in [6, 6.07) is 5.73. The van der Waals surface area contributed by atoms with Crippen LogP contribution in [0.1, 0.15) is 32.1 Å². The zero-order valence-electron chi connectivity index (χ0n) is 13.8. The van der Waals surface area contributed by atoms with E-state index in [-0.39, 0.29) is 5.92 Å². The van der Waals surface area contributed by atoms with E-state index in [1.807, 2.05) is 23.1 Å². The van der Waals surface area contributed by atoms with Gasteiger partial charge in [-0.05, 0) is 31.0 Å². The Morgan fingerprint density at radius 1 is 1.08 bits per heavy atom. The Balaban J connectivity index is 1.41. The molecule has 2 aromatic rings. The van der Waals surface area contributed by atoms with Gasteiger partial charge in [0, 0.05) is 37.8 Å². The minimum atomic E-state index is -0.426. The number of amides is 1. The van der Waals surface area contributed by atoms with E-state index < -0.39 is 5.76 Å². The highest BCUT2D eigenvalue weighted by atomic mass is 16.4. The molecule has 1 aromatic heterocycles. The standard InChI is InChI=1S/C18H23N3O3/c22-17(13-4-2-1-3-5-13)21-10-8-20(9-11-21)14-6-7-16-15(12-14)19-18(23)24-16/h6-7,12-13H,1-5,8-11H2,(H,19,23). The maximum atomic E-state index is 12.6. The Morgan fingerprint density at radius 3 is 2.58 bits per heavy atom. The van der Waals surface area contributed by atoms with Crippen LogP contribution >= 0.6 is 0 Å². The first-order valence-electron chi connectivity index (χ1n) is 8.87. The number of fused-ring (bicyclic) bond motifs is 1. The number of aromatic amines is 1. The molecule has 24 heavy (non-hydrogen) atoms. The number of rotatable bonds is 2. The van der Waals surface area contributed by atoms with Crippen LogP contribution in [0.25, 0.3) is 11.1 Å². The number of carbonyl (C=O) groups is 1. The van der Waals surface area contributed by atoms with Gasteiger partial charge in [0.1, 0.15) is 0 Å². The van der Waals surface area contributed by atoms with Crippen LogP contribution in [-0.2, 0) is 4.79 Å². The van der Waals surface area contributed by atoms with Gasteiger partial charge in [-0.1, -0.05) is 19.3 Å². The SMILES string of the molecule is O=C(C1CCCCC1)N1CCN(c2ccc3oc(=O)[nH]c3c2)CC1. The molecule has 128 valence electrons. The molecule has 1 amide bonds. The van der Waals surface area contributed by atoms with Gasteiger partial charge in [-0.25, -0.2) is 4.79 Å². The minimum absolute atomic E-state index is 0.248. The molecule has 1 saturated heterocycles. The molecule has 2 heterocycles. The van der Waals surface area contributed by atoms with Crippen molar-refractivity contribution in [3.05, 3.63) is 28.7 Å². The van der Waals surface area contributed by atoms with Gasteiger partial charge in [0.2, 0.25) is 5.91 Å². The highest BCUT2D eigenvalue weighted by Crippen LogP contribution is 2.27. The first-order chi connectivity index (χ1) is 11.7. The molecule has 1 aliphatic heterocycles. The van der Waals surface area contributed by atoms with Crippen LogP contribution in [0.4, 0.5) is 5.69 Å². The molecule has 6 heteroatoms. The molecule has 0 spiro atoms. The van der Waals surface area contributed by atoms with Gasteiger partial charge in [0.25, 0.3) is 0 Å². The quantitative estimate of drug-likeness (QED) is 0.918. The van der Waals surface area contributed by atoms with Crippen molar-refractivity contribution < 1.29 is 9.21 Å². The van der Waals surface area contributed by atoms with Gasteiger partial charge in [-0.2, -0.15) is 0 Å². The Morgan fingerprint density at radius 2 is 1.83 bits per heavy atom. The molecule has 1 aromatic carbocycles. The minimum Gasteiger partial charge on any atom is -0.408 e. The smallest absolute Gasteiger partial charge is 0.408 e. The van der Waals surface area contributed by atoms with Crippen LogP contribution < -0.4 is 10.7 Å². The second-order valence-corrected chi connectivity index (χ2v) is 6.84. The second-order valence-electron chi connectivity index (χ2n) is 6.84. The van der Waals surface area contributed by atoms with E-state index >= 15 is 0 Å². The van der Waals surface area contributed by atoms with E-state index in [4.69, 9.17) is 4.42 Å². The Kier molecular flexibility index (Phi) is 4.04. The third kappa shape index (κ3) is 2.92. The molecule has 4 rings (SSSR count). The molecule has 2 aliphatic rings. The highest BCUT2D eigenvalue weighted by molar-refractivity contribution is 5.80. The first kappa shape index (κ1) is 15.3. The first-order valence-corrected chi connectivity index (χ1v) is 8.87. The number of benzene rings is 1. The molecule has 1 saturated carbocycles. The number of hydrogen-bond donors (Lipinski definition) is 1. The number of nitrogens with zero attached hydrogens (tertiary/aromatic N) is 2. The average Bonchev–Trinajstić information content (AvgIpc) is 3.01. The van der Waals surface area contributed by atoms with Crippen LogP contribution in [-0.4, -0.2) is 42.0 Å². The predicted molar refractivity (Wildman–Crippen MR) is 92.2 cm³/mol. The molecule has 0 atom stereocenters. The van der Waals surface area contributed by atoms with Crippen LogP contribution in [0.3, 0.4) is 0 Å². The number of anilines is 1. The van der Waals surface area contributed by atoms with Crippen LogP contribution in [0.15, 0.2) is 27.4 Å². The van der Waals surface area contributed by atoms with E-state index in [0.29, 0.717) is 11.5 Å². The van der Waals surface area contributed by atoms with Gasteiger partial charge in [0.05, 0.1) is 5.52 Å². The molecule has 0 radical (unpaired) electrons. The number of oxazole rings is 1. The largest absolute Gasteiger partial charge is 0.417 e. The van der Waals surface area contributed by atoms with E-state index in [1.54, 1.807) is 0 Å². The number of nitrogens with one attached hydrogen (secondary N) is 1. The molecular formula is C18H23N3O3. The van der Waals surface area contributed by atoms with Crippen LogP contribution in [0.2, 0.25) is 0 Å². The topological polar surface area (TPSA) is 69.6 Å². The van der Waals surface area contributed by atoms with Crippen molar-refractivity contribution in [1.82, 2.24) is 9.88 Å². The molecule has 0 unspecified atom stereocenters. The van der Waals surface area contributed by atoms with Crippen molar-refractivity contribution in [2.45, 2.75) is 32.1 Å². The van der Waals surface area contributed by atoms with E-state index in [2.05, 4.69) is 9.88 Å². The van der Waals surface area contributed by atoms with E-state index in [9.17, 15) is 9.59 Å². The van der Waals surface area contributed by atoms with Gasteiger partial charge < -0.3 is 14.2 Å². The lowest BCUT2D eigenvalue weighted by atomic mass is 9.88. The van der Waals surface area contributed by atoms with Crippen molar-refractivity contribution in [3.8, 4) is 0 Å². The van der Waals surface area contributed by atoms with Crippen molar-refractivity contribution >= 4 is 22.7 Å². The van der Waals surface area contributed by atoms with Gasteiger partial charge in [-0.15, -0.1) is 0 Å². The van der Waals surface area contributed by atoms with Crippen molar-refractivity contribution in [2.24, 2.45) is 5.92 Å². The summed E-state index contributed by atoms with van der Waals surface area (Å²) in [6.07, 6.45) is 5.78. The van der Waals surface area contributed by atoms with E-state index in [0.717, 1.165) is 50.2 Å². The number of carbonyl (C=O) groups excluding carboxylic acids is 1. The van der Waals surface area contributed by atoms with Crippen molar-refractivity contribution in [3.63, 3.8) is 0 Å². The van der Waals surface area contributed by atoms with Crippen molar-refractivity contribution in [1.29, 1.82) is 0 Å². The summed E-state index contributed by atoms with van der Waals surface area (Å²) >= 11 is 0. The molecule has 6 nitrogen and oxygen atoms in total. The fourth-order valence-electron chi connectivity index (χ4n) is 3.93. The Bertz CT molecular complexity index is 780. The normalized spacial score (nSPS) is 19.8. The monoisotopic (exact) mass is 329 g/mol. The molecule has 1 aliphatic carbocycles. The third-order valence-electron chi connectivity index (χ3n) is 5.31. The summed E-state index contributed by atoms with van der Waals surface area (Å²) in [5, 5.41) is 0.